The molecule has 0 radical (unpaired) electrons. The molecule has 2 aliphatic carbocycles. The van der Waals surface area contributed by atoms with Crippen molar-refractivity contribution in [1.29, 1.82) is 0 Å². The molecule has 1 fully saturated rings. The molecule has 2 aliphatic rings. The largest absolute Gasteiger partial charge is 0.413 e. The van der Waals surface area contributed by atoms with Crippen molar-refractivity contribution in [3.8, 4) is 0 Å². The molecular weight excluding hydrogens is 348 g/mol. The minimum absolute atomic E-state index is 0.308. The summed E-state index contributed by atoms with van der Waals surface area (Å²) in [6.07, 6.45) is 15.0. The Balaban J connectivity index is 2.04. The molecule has 0 aliphatic heterocycles. The standard InChI is InChI=1S/C24H44O2Si/c1-18(2)27(19(3)4,20(5)6)26-23(16-22-17-24(22,7)25)15-11-14-21-12-9-8-10-13-21/h8-9,13,18-20,22-23,25H,10-12,14-17H2,1-7H3/t22-,23?,24-/m1/s1. The van der Waals surface area contributed by atoms with E-state index in [0.29, 0.717) is 28.6 Å². The van der Waals surface area contributed by atoms with Crippen LogP contribution in [0.4, 0.5) is 0 Å². The van der Waals surface area contributed by atoms with Gasteiger partial charge in [0.15, 0.2) is 0 Å². The van der Waals surface area contributed by atoms with Gasteiger partial charge in [0.05, 0.1) is 5.60 Å². The number of rotatable bonds is 11. The van der Waals surface area contributed by atoms with Crippen LogP contribution < -0.4 is 0 Å². The second kappa shape index (κ2) is 9.41. The van der Waals surface area contributed by atoms with Crippen LogP contribution in [0, 0.1) is 5.92 Å². The SMILES string of the molecule is CC(C)[Si](OC(CCCC1=CCC=CC1)C[C@@H]1C[C@@]1(C)O)(C(C)C)C(C)C. The predicted molar refractivity (Wildman–Crippen MR) is 120 cm³/mol. The molecule has 3 atom stereocenters. The molecule has 3 heteroatoms. The van der Waals surface area contributed by atoms with Crippen LogP contribution in [-0.4, -0.2) is 25.1 Å². The summed E-state index contributed by atoms with van der Waals surface area (Å²) in [6, 6.07) is 0. The van der Waals surface area contributed by atoms with Crippen LogP contribution in [0.2, 0.25) is 16.6 Å². The van der Waals surface area contributed by atoms with Crippen molar-refractivity contribution in [2.24, 2.45) is 5.92 Å². The van der Waals surface area contributed by atoms with Gasteiger partial charge in [-0.1, -0.05) is 65.3 Å². The zero-order chi connectivity index (χ0) is 20.2. The zero-order valence-electron chi connectivity index (χ0n) is 18.9. The Labute approximate surface area is 169 Å². The quantitative estimate of drug-likeness (QED) is 0.299. The van der Waals surface area contributed by atoms with E-state index in [1.54, 1.807) is 5.57 Å². The lowest BCUT2D eigenvalue weighted by Gasteiger charge is -2.45. The van der Waals surface area contributed by atoms with Crippen molar-refractivity contribution in [3.05, 3.63) is 23.8 Å². The molecule has 0 bridgehead atoms. The molecule has 0 amide bonds. The molecule has 27 heavy (non-hydrogen) atoms. The molecule has 0 spiro atoms. The lowest BCUT2D eigenvalue weighted by molar-refractivity contribution is 0.110. The molecule has 0 heterocycles. The van der Waals surface area contributed by atoms with Gasteiger partial charge in [0, 0.05) is 6.10 Å². The van der Waals surface area contributed by atoms with Gasteiger partial charge in [-0.25, -0.2) is 0 Å². The monoisotopic (exact) mass is 392 g/mol. The summed E-state index contributed by atoms with van der Waals surface area (Å²) in [7, 11) is -1.87. The molecule has 1 saturated carbocycles. The minimum atomic E-state index is -1.87. The van der Waals surface area contributed by atoms with Crippen molar-refractivity contribution in [3.63, 3.8) is 0 Å². The van der Waals surface area contributed by atoms with E-state index in [2.05, 4.69) is 59.8 Å². The van der Waals surface area contributed by atoms with Gasteiger partial charge in [0.2, 0.25) is 8.32 Å². The summed E-state index contributed by atoms with van der Waals surface area (Å²) in [5, 5.41) is 10.3. The van der Waals surface area contributed by atoms with Crippen molar-refractivity contribution in [2.75, 3.05) is 0 Å². The minimum Gasteiger partial charge on any atom is -0.413 e. The number of hydrogen-bond acceptors (Lipinski definition) is 2. The molecule has 0 aromatic carbocycles. The van der Waals surface area contributed by atoms with Crippen LogP contribution in [0.1, 0.15) is 93.4 Å². The summed E-state index contributed by atoms with van der Waals surface area (Å²) < 4.78 is 7.15. The Morgan fingerprint density at radius 1 is 1.11 bits per heavy atom. The van der Waals surface area contributed by atoms with Crippen LogP contribution in [0.25, 0.3) is 0 Å². The fourth-order valence-corrected chi connectivity index (χ4v) is 11.0. The van der Waals surface area contributed by atoms with Gasteiger partial charge in [-0.2, -0.15) is 0 Å². The number of aliphatic hydroxyl groups is 1. The van der Waals surface area contributed by atoms with Gasteiger partial charge in [-0.3, -0.25) is 0 Å². The van der Waals surface area contributed by atoms with Crippen LogP contribution in [0.3, 0.4) is 0 Å². The molecule has 1 unspecified atom stereocenters. The van der Waals surface area contributed by atoms with Crippen LogP contribution in [-0.2, 0) is 4.43 Å². The van der Waals surface area contributed by atoms with Gasteiger partial charge in [0.1, 0.15) is 0 Å². The highest BCUT2D eigenvalue weighted by Gasteiger charge is 2.51. The van der Waals surface area contributed by atoms with E-state index >= 15 is 0 Å². The zero-order valence-corrected chi connectivity index (χ0v) is 19.9. The Morgan fingerprint density at radius 2 is 1.70 bits per heavy atom. The maximum Gasteiger partial charge on any atom is 0.200 e. The molecule has 0 aromatic rings. The summed E-state index contributed by atoms with van der Waals surface area (Å²) in [5.74, 6) is 0.428. The third kappa shape index (κ3) is 5.80. The van der Waals surface area contributed by atoms with E-state index in [4.69, 9.17) is 4.43 Å². The predicted octanol–water partition coefficient (Wildman–Crippen LogP) is 7.15. The van der Waals surface area contributed by atoms with Gasteiger partial charge in [-0.05, 0) is 74.4 Å². The highest BCUT2D eigenvalue weighted by atomic mass is 28.4. The number of hydrogen-bond donors (Lipinski definition) is 1. The maximum atomic E-state index is 10.3. The van der Waals surface area contributed by atoms with Crippen molar-refractivity contribution >= 4 is 8.32 Å². The summed E-state index contributed by atoms with van der Waals surface area (Å²) in [5.41, 5.74) is 2.99. The summed E-state index contributed by atoms with van der Waals surface area (Å²) in [6.45, 7) is 16.2. The van der Waals surface area contributed by atoms with Crippen molar-refractivity contribution in [1.82, 2.24) is 0 Å². The number of allylic oxidation sites excluding steroid dienone is 4. The first kappa shape index (κ1) is 22.9. The molecule has 0 saturated heterocycles. The second-order valence-corrected chi connectivity index (χ2v) is 15.6. The lowest BCUT2D eigenvalue weighted by atomic mass is 9.98. The smallest absolute Gasteiger partial charge is 0.200 e. The van der Waals surface area contributed by atoms with E-state index < -0.39 is 13.9 Å². The molecular formula is C24H44O2Si. The normalized spacial score (nSPS) is 26.8. The van der Waals surface area contributed by atoms with E-state index in [-0.39, 0.29) is 0 Å². The van der Waals surface area contributed by atoms with Crippen LogP contribution >= 0.6 is 0 Å². The molecule has 0 aromatic heterocycles. The van der Waals surface area contributed by atoms with E-state index in [9.17, 15) is 5.11 Å². The van der Waals surface area contributed by atoms with Crippen molar-refractivity contribution in [2.45, 2.75) is 122 Å². The first-order valence-electron chi connectivity index (χ1n) is 11.3. The Bertz CT molecular complexity index is 509. The third-order valence-corrected chi connectivity index (χ3v) is 13.3. The average Bonchev–Trinajstić information content (AvgIpc) is 3.18. The Kier molecular flexibility index (Phi) is 7.98. The summed E-state index contributed by atoms with van der Waals surface area (Å²) in [4.78, 5) is 0. The van der Waals surface area contributed by atoms with Gasteiger partial charge in [0.25, 0.3) is 0 Å². The Hall–Kier alpha value is -0.383. The fraction of sp³-hybridized carbons (Fsp3) is 0.833. The van der Waals surface area contributed by atoms with E-state index in [0.717, 1.165) is 32.1 Å². The first-order valence-corrected chi connectivity index (χ1v) is 13.5. The van der Waals surface area contributed by atoms with Crippen LogP contribution in [0.15, 0.2) is 23.8 Å². The topological polar surface area (TPSA) is 29.5 Å². The van der Waals surface area contributed by atoms with Gasteiger partial charge >= 0.3 is 0 Å². The van der Waals surface area contributed by atoms with Gasteiger partial charge in [-0.15, -0.1) is 0 Å². The van der Waals surface area contributed by atoms with Gasteiger partial charge < -0.3 is 9.53 Å². The third-order valence-electron chi connectivity index (χ3n) is 7.12. The van der Waals surface area contributed by atoms with Crippen LogP contribution in [0.5, 0.6) is 0 Å². The van der Waals surface area contributed by atoms with Crippen molar-refractivity contribution < 1.29 is 9.53 Å². The van der Waals surface area contributed by atoms with E-state index in [1.807, 2.05) is 6.92 Å². The first-order chi connectivity index (χ1) is 12.6. The Morgan fingerprint density at radius 3 is 2.15 bits per heavy atom. The molecule has 2 nitrogen and oxygen atoms in total. The second-order valence-electron chi connectivity index (χ2n) is 10.2. The maximum absolute atomic E-state index is 10.3. The molecule has 2 rings (SSSR count). The highest BCUT2D eigenvalue weighted by Crippen LogP contribution is 2.49. The molecule has 1 N–H and O–H groups in total. The fourth-order valence-electron chi connectivity index (χ4n) is 5.43. The summed E-state index contributed by atoms with van der Waals surface area (Å²) >= 11 is 0. The molecule has 156 valence electrons. The van der Waals surface area contributed by atoms with E-state index in [1.165, 1.54) is 12.8 Å². The highest BCUT2D eigenvalue weighted by molar-refractivity contribution is 6.77. The lowest BCUT2D eigenvalue weighted by Crippen LogP contribution is -2.50. The average molecular weight is 393 g/mol.